The highest BCUT2D eigenvalue weighted by Crippen LogP contribution is 2.22. The number of aliphatic hydroxyl groups is 4. The zero-order valence-electron chi connectivity index (χ0n) is 46.9. The van der Waals surface area contributed by atoms with E-state index in [1.165, 1.54) is 180 Å². The van der Waals surface area contributed by atoms with Crippen molar-refractivity contribution in [1.29, 1.82) is 0 Å². The second-order valence-electron chi connectivity index (χ2n) is 22.1. The van der Waals surface area contributed by atoms with Crippen LogP contribution in [0.3, 0.4) is 0 Å². The van der Waals surface area contributed by atoms with Gasteiger partial charge in [-0.1, -0.05) is 233 Å². The molecule has 1 aliphatic rings. The van der Waals surface area contributed by atoms with Gasteiger partial charge in [-0.05, 0) is 45.4 Å². The van der Waals surface area contributed by atoms with E-state index in [0.717, 1.165) is 83.7 Å². The molecule has 0 spiro atoms. The van der Waals surface area contributed by atoms with E-state index in [-0.39, 0.29) is 42.7 Å². The quantitative estimate of drug-likeness (QED) is 0.0442. The number of ether oxygens (including phenoxy) is 3. The zero-order chi connectivity index (χ0) is 50.3. The fourth-order valence-electron chi connectivity index (χ4n) is 10.4. The lowest BCUT2D eigenvalue weighted by molar-refractivity contribution is -0.0429. The standard InChI is InChI=1S/C60H122N2O7/c1-6-10-14-18-22-26-30-34-40-55(63)49-61(50-56(64)41-35-31-27-23-19-15-11-7-2)44-38-46-67-54(5)60-48-59(53-69-60)68-47-39-45-62(51-57(65)42-36-32-28-24-20-16-12-8-3)52-58(66)43-37-33-29-25-21-17-13-9-4/h54-60,63-66H,6-53H2,1-5H3. The molecular weight excluding hydrogens is 861 g/mol. The summed E-state index contributed by atoms with van der Waals surface area (Å²) in [5, 5.41) is 44.2. The van der Waals surface area contributed by atoms with Crippen LogP contribution in [-0.2, 0) is 14.2 Å². The monoisotopic (exact) mass is 983 g/mol. The molecule has 414 valence electrons. The molecule has 1 heterocycles. The molecule has 0 bridgehead atoms. The van der Waals surface area contributed by atoms with Crippen molar-refractivity contribution >= 4 is 0 Å². The van der Waals surface area contributed by atoms with E-state index in [9.17, 15) is 20.4 Å². The largest absolute Gasteiger partial charge is 0.392 e. The zero-order valence-corrected chi connectivity index (χ0v) is 46.9. The number of aliphatic hydroxyl groups excluding tert-OH is 4. The fourth-order valence-corrected chi connectivity index (χ4v) is 10.4. The Morgan fingerprint density at radius 3 is 1.01 bits per heavy atom. The van der Waals surface area contributed by atoms with Crippen LogP contribution in [0.1, 0.15) is 285 Å². The van der Waals surface area contributed by atoms with Crippen molar-refractivity contribution in [2.45, 2.75) is 328 Å². The van der Waals surface area contributed by atoms with Gasteiger partial charge in [0.25, 0.3) is 0 Å². The molecule has 0 aromatic carbocycles. The number of nitrogens with zero attached hydrogens (tertiary/aromatic N) is 2. The number of rotatable bonds is 55. The normalized spacial score (nSPS) is 17.6. The number of hydrogen-bond donors (Lipinski definition) is 4. The Morgan fingerprint density at radius 2 is 0.696 bits per heavy atom. The van der Waals surface area contributed by atoms with Crippen LogP contribution in [-0.4, -0.2) is 132 Å². The molecule has 9 heteroatoms. The molecule has 0 radical (unpaired) electrons. The summed E-state index contributed by atoms with van der Waals surface area (Å²) < 4.78 is 18.9. The van der Waals surface area contributed by atoms with Gasteiger partial charge >= 0.3 is 0 Å². The van der Waals surface area contributed by atoms with Gasteiger partial charge in [-0.2, -0.15) is 0 Å². The van der Waals surface area contributed by atoms with E-state index in [4.69, 9.17) is 14.2 Å². The Morgan fingerprint density at radius 1 is 0.406 bits per heavy atom. The molecule has 7 unspecified atom stereocenters. The summed E-state index contributed by atoms with van der Waals surface area (Å²) in [7, 11) is 0. The molecule has 7 atom stereocenters. The third-order valence-corrected chi connectivity index (χ3v) is 14.9. The van der Waals surface area contributed by atoms with Gasteiger partial charge in [-0.25, -0.2) is 0 Å². The molecule has 0 saturated carbocycles. The lowest BCUT2D eigenvalue weighted by Crippen LogP contribution is -2.39. The molecule has 0 aromatic heterocycles. The Kier molecular flexibility index (Phi) is 48.1. The first-order chi connectivity index (χ1) is 33.7. The van der Waals surface area contributed by atoms with Crippen LogP contribution in [0.5, 0.6) is 0 Å². The molecule has 0 amide bonds. The Hall–Kier alpha value is -0.360. The Balaban J connectivity index is 2.53. The van der Waals surface area contributed by atoms with Crippen LogP contribution >= 0.6 is 0 Å². The topological polar surface area (TPSA) is 115 Å². The van der Waals surface area contributed by atoms with E-state index >= 15 is 0 Å². The van der Waals surface area contributed by atoms with Crippen LogP contribution in [0.25, 0.3) is 0 Å². The van der Waals surface area contributed by atoms with Crippen molar-refractivity contribution in [1.82, 2.24) is 9.80 Å². The fraction of sp³-hybridized carbons (Fsp3) is 1.00. The minimum absolute atomic E-state index is 0.00232. The molecule has 9 nitrogen and oxygen atoms in total. The predicted octanol–water partition coefficient (Wildman–Crippen LogP) is 14.5. The summed E-state index contributed by atoms with van der Waals surface area (Å²) in [4.78, 5) is 4.57. The first-order valence-corrected chi connectivity index (χ1v) is 30.7. The summed E-state index contributed by atoms with van der Waals surface area (Å²) in [5.74, 6) is 0. The van der Waals surface area contributed by atoms with Crippen molar-refractivity contribution in [3.63, 3.8) is 0 Å². The summed E-state index contributed by atoms with van der Waals surface area (Å²) in [6, 6.07) is 0. The summed E-state index contributed by atoms with van der Waals surface area (Å²) >= 11 is 0. The maximum absolute atomic E-state index is 11.1. The van der Waals surface area contributed by atoms with Gasteiger partial charge in [0.15, 0.2) is 0 Å². The first-order valence-electron chi connectivity index (χ1n) is 30.7. The number of unbranched alkanes of at least 4 members (excludes halogenated alkanes) is 28. The molecule has 0 aliphatic carbocycles. The van der Waals surface area contributed by atoms with Crippen LogP contribution in [0.2, 0.25) is 0 Å². The maximum atomic E-state index is 11.1. The van der Waals surface area contributed by atoms with Gasteiger partial charge in [0.2, 0.25) is 0 Å². The highest BCUT2D eigenvalue weighted by Gasteiger charge is 2.31. The smallest absolute Gasteiger partial charge is 0.0860 e. The van der Waals surface area contributed by atoms with Crippen molar-refractivity contribution in [2.24, 2.45) is 0 Å². The second-order valence-corrected chi connectivity index (χ2v) is 22.1. The van der Waals surface area contributed by atoms with E-state index < -0.39 is 0 Å². The third-order valence-electron chi connectivity index (χ3n) is 14.9. The SMILES string of the molecule is CCCCCCCCCCC(O)CN(CCCOC1COC(C(C)OCCCN(CC(O)CCCCCCCCCC)CC(O)CCCCCCCCCC)C1)CC(O)CCCCCCCCCC. The van der Waals surface area contributed by atoms with Crippen molar-refractivity contribution < 1.29 is 34.6 Å². The van der Waals surface area contributed by atoms with E-state index in [2.05, 4.69) is 44.4 Å². The first kappa shape index (κ1) is 66.7. The van der Waals surface area contributed by atoms with E-state index in [0.29, 0.717) is 46.0 Å². The molecule has 0 aromatic rings. The van der Waals surface area contributed by atoms with E-state index in [1.807, 2.05) is 0 Å². The lowest BCUT2D eigenvalue weighted by atomic mass is 10.0. The average Bonchev–Trinajstić information content (AvgIpc) is 3.81. The predicted molar refractivity (Wildman–Crippen MR) is 295 cm³/mol. The highest BCUT2D eigenvalue weighted by atomic mass is 16.6. The minimum atomic E-state index is -0.362. The Labute approximate surface area is 429 Å². The minimum Gasteiger partial charge on any atom is -0.392 e. The van der Waals surface area contributed by atoms with Crippen LogP contribution < -0.4 is 0 Å². The molecule has 1 rings (SSSR count). The molecule has 69 heavy (non-hydrogen) atoms. The maximum Gasteiger partial charge on any atom is 0.0860 e. The third kappa shape index (κ3) is 42.7. The van der Waals surface area contributed by atoms with Crippen molar-refractivity contribution in [3.05, 3.63) is 0 Å². The average molecular weight is 984 g/mol. The Bertz CT molecular complexity index is 970. The van der Waals surface area contributed by atoms with Gasteiger partial charge < -0.3 is 34.6 Å². The van der Waals surface area contributed by atoms with Gasteiger partial charge in [-0.3, -0.25) is 9.80 Å². The molecule has 4 N–H and O–H groups in total. The second kappa shape index (κ2) is 49.8. The van der Waals surface area contributed by atoms with Gasteiger partial charge in [-0.15, -0.1) is 0 Å². The van der Waals surface area contributed by atoms with Crippen LogP contribution in [0.4, 0.5) is 0 Å². The summed E-state index contributed by atoms with van der Waals surface area (Å²) in [6.07, 6.45) is 45.0. The van der Waals surface area contributed by atoms with Crippen molar-refractivity contribution in [2.75, 3.05) is 59.1 Å². The molecule has 1 saturated heterocycles. The van der Waals surface area contributed by atoms with Crippen LogP contribution in [0.15, 0.2) is 0 Å². The van der Waals surface area contributed by atoms with Gasteiger partial charge in [0.1, 0.15) is 0 Å². The highest BCUT2D eigenvalue weighted by molar-refractivity contribution is 4.79. The van der Waals surface area contributed by atoms with Crippen molar-refractivity contribution in [3.8, 4) is 0 Å². The number of hydrogen-bond acceptors (Lipinski definition) is 9. The lowest BCUT2D eigenvalue weighted by Gasteiger charge is -2.28. The molecule has 1 aliphatic heterocycles. The molecule has 1 fully saturated rings. The summed E-state index contributed by atoms with van der Waals surface area (Å²) in [6.45, 7) is 17.1. The van der Waals surface area contributed by atoms with Gasteiger partial charge in [0, 0.05) is 58.9 Å². The molecular formula is C60H122N2O7. The van der Waals surface area contributed by atoms with E-state index in [1.54, 1.807) is 0 Å². The van der Waals surface area contributed by atoms with Gasteiger partial charge in [0.05, 0.1) is 49.3 Å². The summed E-state index contributed by atoms with van der Waals surface area (Å²) in [5.41, 5.74) is 0. The van der Waals surface area contributed by atoms with Crippen LogP contribution in [0, 0.1) is 0 Å².